The summed E-state index contributed by atoms with van der Waals surface area (Å²) in [5.41, 5.74) is 1.15. The molecule has 1 saturated carbocycles. The van der Waals surface area contributed by atoms with E-state index in [9.17, 15) is 0 Å². The van der Waals surface area contributed by atoms with Crippen molar-refractivity contribution in [1.82, 2.24) is 10.2 Å². The van der Waals surface area contributed by atoms with Gasteiger partial charge in [-0.05, 0) is 36.8 Å². The number of nitrogens with one attached hydrogen (secondary N) is 1. The maximum Gasteiger partial charge on any atom is 0.148 e. The molecule has 1 N–H and O–H groups in total. The molecule has 0 saturated heterocycles. The first-order valence-electron chi connectivity index (χ1n) is 4.79. The summed E-state index contributed by atoms with van der Waals surface area (Å²) in [6.45, 7) is 5.35. The first-order chi connectivity index (χ1) is 6.25. The van der Waals surface area contributed by atoms with Gasteiger partial charge in [-0.25, -0.2) is 0 Å². The topological polar surface area (TPSA) is 37.8 Å². The summed E-state index contributed by atoms with van der Waals surface area (Å²) in [5, 5.41) is 11.2. The number of hydrogen-bond donors (Lipinski definition) is 1. The number of anilines is 1. The Morgan fingerprint density at radius 3 is 3.00 bits per heavy atom. The van der Waals surface area contributed by atoms with E-state index in [4.69, 9.17) is 0 Å². The summed E-state index contributed by atoms with van der Waals surface area (Å²) in [5.74, 6) is 2.65. The second-order valence-corrected chi connectivity index (χ2v) is 3.97. The molecule has 1 aromatic heterocycles. The predicted octanol–water partition coefficient (Wildman–Crippen LogP) is 1.85. The molecule has 0 aliphatic heterocycles. The van der Waals surface area contributed by atoms with E-state index in [1.165, 1.54) is 6.42 Å². The lowest BCUT2D eigenvalue weighted by Crippen LogP contribution is -2.06. The average molecular weight is 177 g/mol. The molecular weight excluding hydrogens is 162 g/mol. The molecule has 0 spiro atoms. The van der Waals surface area contributed by atoms with Crippen LogP contribution in [0.2, 0.25) is 0 Å². The van der Waals surface area contributed by atoms with Crippen LogP contribution in [0.25, 0.3) is 0 Å². The predicted molar refractivity (Wildman–Crippen MR) is 52.5 cm³/mol. The monoisotopic (exact) mass is 177 g/mol. The van der Waals surface area contributed by atoms with Crippen molar-refractivity contribution in [1.29, 1.82) is 0 Å². The van der Waals surface area contributed by atoms with E-state index in [2.05, 4.69) is 22.4 Å². The van der Waals surface area contributed by atoms with Crippen molar-refractivity contribution in [2.45, 2.75) is 20.3 Å². The highest BCUT2D eigenvalue weighted by Crippen LogP contribution is 2.37. The molecule has 1 aliphatic carbocycles. The fourth-order valence-electron chi connectivity index (χ4n) is 1.47. The highest BCUT2D eigenvalue weighted by molar-refractivity contribution is 5.35. The minimum absolute atomic E-state index is 0.849. The van der Waals surface area contributed by atoms with Gasteiger partial charge in [-0.3, -0.25) is 0 Å². The maximum absolute atomic E-state index is 4.00. The Hall–Kier alpha value is -1.12. The van der Waals surface area contributed by atoms with Crippen LogP contribution in [0.4, 0.5) is 5.82 Å². The van der Waals surface area contributed by atoms with E-state index in [1.54, 1.807) is 6.20 Å². The summed E-state index contributed by atoms with van der Waals surface area (Å²) in [7, 11) is 0. The minimum Gasteiger partial charge on any atom is -0.368 e. The zero-order valence-electron chi connectivity index (χ0n) is 8.12. The smallest absolute Gasteiger partial charge is 0.148 e. The molecule has 0 bridgehead atoms. The van der Waals surface area contributed by atoms with Crippen molar-refractivity contribution in [2.75, 3.05) is 11.9 Å². The molecule has 0 aromatic carbocycles. The summed E-state index contributed by atoms with van der Waals surface area (Å²) >= 11 is 0. The van der Waals surface area contributed by atoms with Crippen LogP contribution < -0.4 is 5.32 Å². The van der Waals surface area contributed by atoms with Crippen LogP contribution in [-0.2, 0) is 0 Å². The zero-order valence-corrected chi connectivity index (χ0v) is 8.12. The summed E-state index contributed by atoms with van der Waals surface area (Å²) in [6.07, 6.45) is 3.12. The molecule has 3 nitrogen and oxygen atoms in total. The van der Waals surface area contributed by atoms with Gasteiger partial charge in [0.1, 0.15) is 5.82 Å². The van der Waals surface area contributed by atoms with Crippen LogP contribution in [0.3, 0.4) is 0 Å². The van der Waals surface area contributed by atoms with Crippen LogP contribution in [-0.4, -0.2) is 16.7 Å². The van der Waals surface area contributed by atoms with Gasteiger partial charge in [-0.2, -0.15) is 5.10 Å². The fourth-order valence-corrected chi connectivity index (χ4v) is 1.47. The summed E-state index contributed by atoms with van der Waals surface area (Å²) < 4.78 is 0. The van der Waals surface area contributed by atoms with Crippen molar-refractivity contribution >= 4 is 5.82 Å². The Kier molecular flexibility index (Phi) is 2.17. The molecule has 1 heterocycles. The van der Waals surface area contributed by atoms with E-state index in [0.29, 0.717) is 0 Å². The number of nitrogens with zero attached hydrogens (tertiary/aromatic N) is 2. The van der Waals surface area contributed by atoms with E-state index in [0.717, 1.165) is 29.8 Å². The molecular formula is C10H15N3. The Labute approximate surface area is 78.6 Å². The van der Waals surface area contributed by atoms with Gasteiger partial charge in [0, 0.05) is 6.54 Å². The Morgan fingerprint density at radius 1 is 1.62 bits per heavy atom. The molecule has 1 aliphatic rings. The molecule has 0 amide bonds. The van der Waals surface area contributed by atoms with E-state index >= 15 is 0 Å². The third-order valence-electron chi connectivity index (χ3n) is 2.61. The van der Waals surface area contributed by atoms with Crippen molar-refractivity contribution in [2.24, 2.45) is 11.8 Å². The SMILES string of the molecule is Cc1cnnc(NCC2CC2C)c1. The van der Waals surface area contributed by atoms with Gasteiger partial charge in [0.2, 0.25) is 0 Å². The quantitative estimate of drug-likeness (QED) is 0.765. The lowest BCUT2D eigenvalue weighted by atomic mass is 10.3. The standard InChI is InChI=1S/C10H15N3/c1-7-3-10(13-12-5-7)11-6-9-4-8(9)2/h3,5,8-9H,4,6H2,1-2H3,(H,11,13). The lowest BCUT2D eigenvalue weighted by Gasteiger charge is -2.03. The summed E-state index contributed by atoms with van der Waals surface area (Å²) in [4.78, 5) is 0. The first kappa shape index (κ1) is 8.48. The molecule has 70 valence electrons. The van der Waals surface area contributed by atoms with Crippen LogP contribution in [0.1, 0.15) is 18.9 Å². The molecule has 3 heteroatoms. The number of aryl methyl sites for hydroxylation is 1. The number of hydrogen-bond acceptors (Lipinski definition) is 3. The van der Waals surface area contributed by atoms with Crippen LogP contribution >= 0.6 is 0 Å². The zero-order chi connectivity index (χ0) is 9.26. The molecule has 2 atom stereocenters. The Morgan fingerprint density at radius 2 is 2.38 bits per heavy atom. The number of rotatable bonds is 3. The van der Waals surface area contributed by atoms with Gasteiger partial charge in [-0.15, -0.1) is 5.10 Å². The molecule has 0 radical (unpaired) electrons. The molecule has 1 aromatic rings. The second kappa shape index (κ2) is 3.32. The first-order valence-corrected chi connectivity index (χ1v) is 4.79. The van der Waals surface area contributed by atoms with Crippen LogP contribution in [0, 0.1) is 18.8 Å². The lowest BCUT2D eigenvalue weighted by molar-refractivity contribution is 0.781. The second-order valence-electron chi connectivity index (χ2n) is 3.97. The van der Waals surface area contributed by atoms with Gasteiger partial charge in [0.05, 0.1) is 6.20 Å². The fraction of sp³-hybridized carbons (Fsp3) is 0.600. The third-order valence-corrected chi connectivity index (χ3v) is 2.61. The minimum atomic E-state index is 0.849. The Balaban J connectivity index is 1.87. The highest BCUT2D eigenvalue weighted by atomic mass is 15.2. The average Bonchev–Trinajstić information content (AvgIpc) is 2.79. The molecule has 2 unspecified atom stereocenters. The van der Waals surface area contributed by atoms with Crippen molar-refractivity contribution in [3.05, 3.63) is 17.8 Å². The highest BCUT2D eigenvalue weighted by Gasteiger charge is 2.31. The van der Waals surface area contributed by atoms with Gasteiger partial charge < -0.3 is 5.32 Å². The van der Waals surface area contributed by atoms with E-state index in [1.807, 2.05) is 13.0 Å². The van der Waals surface area contributed by atoms with Crippen molar-refractivity contribution in [3.8, 4) is 0 Å². The normalized spacial score (nSPS) is 25.7. The van der Waals surface area contributed by atoms with Gasteiger partial charge in [-0.1, -0.05) is 6.92 Å². The van der Waals surface area contributed by atoms with Gasteiger partial charge in [0.15, 0.2) is 0 Å². The largest absolute Gasteiger partial charge is 0.368 e. The van der Waals surface area contributed by atoms with Crippen molar-refractivity contribution < 1.29 is 0 Å². The Bertz CT molecular complexity index is 298. The van der Waals surface area contributed by atoms with Crippen LogP contribution in [0.15, 0.2) is 12.3 Å². The van der Waals surface area contributed by atoms with E-state index in [-0.39, 0.29) is 0 Å². The van der Waals surface area contributed by atoms with Crippen molar-refractivity contribution in [3.63, 3.8) is 0 Å². The molecule has 2 rings (SSSR count). The molecule has 1 fully saturated rings. The van der Waals surface area contributed by atoms with Gasteiger partial charge >= 0.3 is 0 Å². The third kappa shape index (κ3) is 2.17. The summed E-state index contributed by atoms with van der Waals surface area (Å²) in [6, 6.07) is 2.03. The van der Waals surface area contributed by atoms with Crippen LogP contribution in [0.5, 0.6) is 0 Å². The maximum atomic E-state index is 4.00. The van der Waals surface area contributed by atoms with E-state index < -0.39 is 0 Å². The van der Waals surface area contributed by atoms with Gasteiger partial charge in [0.25, 0.3) is 0 Å². The molecule has 13 heavy (non-hydrogen) atoms. The number of aromatic nitrogens is 2.